The number of rotatable bonds is 10. The SMILES string of the molecule is CC(C)OP(=O)(OC(C)C)/C(=C/c1ccccc1)C(O)CCc1ccccc1. The monoisotopic (exact) mass is 402 g/mol. The Labute approximate surface area is 168 Å². The van der Waals surface area contributed by atoms with Gasteiger partial charge in [-0.25, -0.2) is 0 Å². The van der Waals surface area contributed by atoms with E-state index in [-0.39, 0.29) is 12.2 Å². The maximum absolute atomic E-state index is 13.7. The van der Waals surface area contributed by atoms with E-state index < -0.39 is 13.7 Å². The van der Waals surface area contributed by atoms with E-state index >= 15 is 0 Å². The molecule has 0 aromatic heterocycles. The minimum Gasteiger partial charge on any atom is -0.388 e. The van der Waals surface area contributed by atoms with Crippen molar-refractivity contribution >= 4 is 13.7 Å². The zero-order chi connectivity index (χ0) is 20.6. The molecule has 4 nitrogen and oxygen atoms in total. The van der Waals surface area contributed by atoms with Crippen LogP contribution in [-0.2, 0) is 20.0 Å². The first kappa shape index (κ1) is 22.6. The Morgan fingerprint density at radius 2 is 1.43 bits per heavy atom. The summed E-state index contributed by atoms with van der Waals surface area (Å²) in [4.78, 5) is 0. The molecular weight excluding hydrogens is 371 g/mol. The quantitative estimate of drug-likeness (QED) is 0.491. The number of benzene rings is 2. The first-order valence-electron chi connectivity index (χ1n) is 9.76. The number of aliphatic hydroxyl groups is 1. The molecule has 28 heavy (non-hydrogen) atoms. The van der Waals surface area contributed by atoms with Crippen molar-refractivity contribution in [1.82, 2.24) is 0 Å². The molecule has 0 aliphatic heterocycles. The molecule has 1 unspecified atom stereocenters. The van der Waals surface area contributed by atoms with Crippen molar-refractivity contribution in [3.8, 4) is 0 Å². The van der Waals surface area contributed by atoms with Gasteiger partial charge in [-0.15, -0.1) is 0 Å². The van der Waals surface area contributed by atoms with E-state index in [1.807, 2.05) is 88.4 Å². The molecule has 152 valence electrons. The van der Waals surface area contributed by atoms with Crippen molar-refractivity contribution in [2.24, 2.45) is 0 Å². The highest BCUT2D eigenvalue weighted by Gasteiger charge is 2.36. The van der Waals surface area contributed by atoms with Crippen LogP contribution in [0.4, 0.5) is 0 Å². The Bertz CT molecular complexity index is 771. The Kier molecular flexibility index (Phi) is 8.65. The summed E-state index contributed by atoms with van der Waals surface area (Å²) >= 11 is 0. The predicted molar refractivity (Wildman–Crippen MR) is 115 cm³/mol. The summed E-state index contributed by atoms with van der Waals surface area (Å²) in [7, 11) is -3.67. The minimum atomic E-state index is -3.67. The van der Waals surface area contributed by atoms with Crippen LogP contribution in [0.5, 0.6) is 0 Å². The summed E-state index contributed by atoms with van der Waals surface area (Å²) < 4.78 is 25.2. The molecule has 0 radical (unpaired) electrons. The van der Waals surface area contributed by atoms with Crippen LogP contribution < -0.4 is 0 Å². The third-order valence-corrected chi connectivity index (χ3v) is 6.48. The van der Waals surface area contributed by atoms with E-state index in [0.29, 0.717) is 18.2 Å². The van der Waals surface area contributed by atoms with Gasteiger partial charge in [0.2, 0.25) is 0 Å². The maximum atomic E-state index is 13.7. The molecule has 0 saturated heterocycles. The Morgan fingerprint density at radius 3 is 1.93 bits per heavy atom. The summed E-state index contributed by atoms with van der Waals surface area (Å²) in [6, 6.07) is 19.4. The van der Waals surface area contributed by atoms with E-state index in [1.165, 1.54) is 0 Å². The molecule has 0 heterocycles. The largest absolute Gasteiger partial charge is 0.388 e. The first-order valence-corrected chi connectivity index (χ1v) is 11.3. The fraction of sp³-hybridized carbons (Fsp3) is 0.391. The lowest BCUT2D eigenvalue weighted by Crippen LogP contribution is -2.18. The molecular formula is C23H31O4P. The highest BCUT2D eigenvalue weighted by atomic mass is 31.2. The lowest BCUT2D eigenvalue weighted by atomic mass is 10.1. The van der Waals surface area contributed by atoms with Crippen LogP contribution >= 0.6 is 7.60 Å². The van der Waals surface area contributed by atoms with Crippen molar-refractivity contribution < 1.29 is 18.7 Å². The molecule has 0 aliphatic carbocycles. The van der Waals surface area contributed by atoms with Crippen LogP contribution in [0.2, 0.25) is 0 Å². The molecule has 0 bridgehead atoms. The second kappa shape index (κ2) is 10.7. The molecule has 2 aromatic carbocycles. The number of aryl methyl sites for hydroxylation is 1. The van der Waals surface area contributed by atoms with E-state index in [4.69, 9.17) is 9.05 Å². The summed E-state index contributed by atoms with van der Waals surface area (Å²) in [6.45, 7) is 7.25. The Morgan fingerprint density at radius 1 is 0.929 bits per heavy atom. The molecule has 2 rings (SSSR count). The molecule has 0 amide bonds. The van der Waals surface area contributed by atoms with Gasteiger partial charge < -0.3 is 14.2 Å². The zero-order valence-corrected chi connectivity index (χ0v) is 18.0. The molecule has 2 aromatic rings. The molecule has 1 atom stereocenters. The molecule has 0 spiro atoms. The van der Waals surface area contributed by atoms with E-state index in [2.05, 4.69) is 0 Å². The van der Waals surface area contributed by atoms with Crippen molar-refractivity contribution in [2.45, 2.75) is 58.8 Å². The van der Waals surface area contributed by atoms with Crippen molar-refractivity contribution in [1.29, 1.82) is 0 Å². The highest BCUT2D eigenvalue weighted by molar-refractivity contribution is 7.58. The highest BCUT2D eigenvalue weighted by Crippen LogP contribution is 2.60. The summed E-state index contributed by atoms with van der Waals surface area (Å²) in [5.41, 5.74) is 1.96. The van der Waals surface area contributed by atoms with Crippen molar-refractivity contribution in [2.75, 3.05) is 0 Å². The third-order valence-electron chi connectivity index (χ3n) is 4.02. The van der Waals surface area contributed by atoms with Gasteiger partial charge in [-0.1, -0.05) is 60.7 Å². The molecule has 0 fully saturated rings. The predicted octanol–water partition coefficient (Wildman–Crippen LogP) is 6.06. The van der Waals surface area contributed by atoms with E-state index in [1.54, 1.807) is 6.08 Å². The number of aliphatic hydroxyl groups excluding tert-OH is 1. The second-order valence-electron chi connectivity index (χ2n) is 7.33. The van der Waals surface area contributed by atoms with Crippen LogP contribution in [0.15, 0.2) is 66.0 Å². The van der Waals surface area contributed by atoms with Gasteiger partial charge in [-0.2, -0.15) is 0 Å². The van der Waals surface area contributed by atoms with Crippen LogP contribution in [0.1, 0.15) is 45.2 Å². The number of hydrogen-bond donors (Lipinski definition) is 1. The summed E-state index contributed by atoms with van der Waals surface area (Å²) in [6.07, 6.45) is 1.28. The maximum Gasteiger partial charge on any atom is 0.360 e. The lowest BCUT2D eigenvalue weighted by Gasteiger charge is -2.27. The average molecular weight is 402 g/mol. The molecule has 0 aliphatic rings. The van der Waals surface area contributed by atoms with Crippen LogP contribution in [0.25, 0.3) is 6.08 Å². The van der Waals surface area contributed by atoms with Gasteiger partial charge in [0.05, 0.1) is 23.6 Å². The fourth-order valence-electron chi connectivity index (χ4n) is 2.88. The van der Waals surface area contributed by atoms with Gasteiger partial charge >= 0.3 is 7.60 Å². The van der Waals surface area contributed by atoms with Gasteiger partial charge in [0, 0.05) is 0 Å². The number of hydrogen-bond acceptors (Lipinski definition) is 4. The van der Waals surface area contributed by atoms with Crippen molar-refractivity contribution in [3.05, 3.63) is 77.1 Å². The second-order valence-corrected chi connectivity index (χ2v) is 9.26. The van der Waals surface area contributed by atoms with Crippen LogP contribution in [0, 0.1) is 0 Å². The molecule has 5 heteroatoms. The molecule has 0 saturated carbocycles. The standard InChI is InChI=1S/C23H31O4P/c1-18(2)26-28(25,27-19(3)4)23(17-21-13-9-6-10-14-21)22(24)16-15-20-11-7-5-8-12-20/h5-14,17-19,22,24H,15-16H2,1-4H3/b23-17+. The van der Waals surface area contributed by atoms with Gasteiger partial charge in [0.25, 0.3) is 0 Å². The minimum absolute atomic E-state index is 0.301. The van der Waals surface area contributed by atoms with Crippen molar-refractivity contribution in [3.63, 3.8) is 0 Å². The molecule has 1 N–H and O–H groups in total. The van der Waals surface area contributed by atoms with Gasteiger partial charge in [-0.3, -0.25) is 4.57 Å². The van der Waals surface area contributed by atoms with Gasteiger partial charge in [0.15, 0.2) is 0 Å². The lowest BCUT2D eigenvalue weighted by molar-refractivity contribution is 0.136. The summed E-state index contributed by atoms with van der Waals surface area (Å²) in [5, 5.41) is 11.3. The Hall–Kier alpha value is -1.71. The summed E-state index contributed by atoms with van der Waals surface area (Å²) in [5.74, 6) is 0. The van der Waals surface area contributed by atoms with Gasteiger partial charge in [0.1, 0.15) is 0 Å². The normalized spacial score (nSPS) is 13.9. The van der Waals surface area contributed by atoms with E-state index in [0.717, 1.165) is 11.1 Å². The van der Waals surface area contributed by atoms with E-state index in [9.17, 15) is 9.67 Å². The van der Waals surface area contributed by atoms with Crippen LogP contribution in [0.3, 0.4) is 0 Å². The third kappa shape index (κ3) is 7.03. The van der Waals surface area contributed by atoms with Gasteiger partial charge in [-0.05, 0) is 57.7 Å². The topological polar surface area (TPSA) is 55.8 Å². The zero-order valence-electron chi connectivity index (χ0n) is 17.1. The average Bonchev–Trinajstić information content (AvgIpc) is 2.64. The van der Waals surface area contributed by atoms with Crippen LogP contribution in [-0.4, -0.2) is 23.4 Å². The Balaban J connectivity index is 2.36. The smallest absolute Gasteiger partial charge is 0.360 e. The first-order chi connectivity index (χ1) is 13.3. The fourth-order valence-corrected chi connectivity index (χ4v) is 5.08.